The van der Waals surface area contributed by atoms with Crippen LogP contribution < -0.4 is 4.90 Å². The standard InChI is InChI=1S/C26H28N6O3S2/c1-19-17-20(2)24-23(18-19)29-26(36-24)31-15-13-30(14-16-31)25(33)21-5-7-22(8-6-21)37(34,35)32(11-3-9-27)12-4-10-28/h5-8,17-18H,3-4,11-16H2,1-2H3. The van der Waals surface area contributed by atoms with Crippen molar-refractivity contribution in [2.75, 3.05) is 44.2 Å². The lowest BCUT2D eigenvalue weighted by atomic mass is 10.1. The number of carbonyl (C=O) groups is 1. The maximum atomic E-state index is 13.1. The van der Waals surface area contributed by atoms with Gasteiger partial charge < -0.3 is 9.80 Å². The van der Waals surface area contributed by atoms with Gasteiger partial charge in [-0.2, -0.15) is 14.8 Å². The first-order valence-corrected chi connectivity index (χ1v) is 14.3. The second kappa shape index (κ2) is 11.3. The number of amides is 1. The van der Waals surface area contributed by atoms with Crippen LogP contribution in [0.15, 0.2) is 41.3 Å². The number of aryl methyl sites for hydroxylation is 2. The van der Waals surface area contributed by atoms with Gasteiger partial charge in [-0.25, -0.2) is 13.4 Å². The Morgan fingerprint density at radius 3 is 2.24 bits per heavy atom. The van der Waals surface area contributed by atoms with Gasteiger partial charge in [0.1, 0.15) is 0 Å². The van der Waals surface area contributed by atoms with Crippen LogP contribution in [0, 0.1) is 36.5 Å². The van der Waals surface area contributed by atoms with E-state index in [4.69, 9.17) is 15.5 Å². The molecule has 1 aliphatic heterocycles. The van der Waals surface area contributed by atoms with E-state index in [0.29, 0.717) is 31.7 Å². The largest absolute Gasteiger partial charge is 0.345 e. The number of rotatable bonds is 8. The Morgan fingerprint density at radius 1 is 1.03 bits per heavy atom. The molecule has 4 rings (SSSR count). The predicted octanol–water partition coefficient (Wildman–Crippen LogP) is 3.69. The van der Waals surface area contributed by atoms with Crippen LogP contribution in [0.5, 0.6) is 0 Å². The van der Waals surface area contributed by atoms with E-state index in [2.05, 4.69) is 30.9 Å². The number of piperazine rings is 1. The molecule has 1 fully saturated rings. The fourth-order valence-corrected chi connectivity index (χ4v) is 6.91. The fraction of sp³-hybridized carbons (Fsp3) is 0.385. The molecule has 2 heterocycles. The maximum absolute atomic E-state index is 13.1. The first kappa shape index (κ1) is 26.6. The Balaban J connectivity index is 1.41. The highest BCUT2D eigenvalue weighted by Crippen LogP contribution is 2.32. The van der Waals surface area contributed by atoms with E-state index >= 15 is 0 Å². The van der Waals surface area contributed by atoms with Crippen molar-refractivity contribution in [2.45, 2.75) is 31.6 Å². The van der Waals surface area contributed by atoms with Crippen molar-refractivity contribution >= 4 is 42.6 Å². The molecule has 0 N–H and O–H groups in total. The Morgan fingerprint density at radius 2 is 1.65 bits per heavy atom. The number of carbonyl (C=O) groups excluding carboxylic acids is 1. The summed E-state index contributed by atoms with van der Waals surface area (Å²) in [4.78, 5) is 21.9. The van der Waals surface area contributed by atoms with Crippen molar-refractivity contribution in [1.29, 1.82) is 10.5 Å². The van der Waals surface area contributed by atoms with Gasteiger partial charge in [0.15, 0.2) is 5.13 Å². The van der Waals surface area contributed by atoms with Crippen LogP contribution in [0.4, 0.5) is 5.13 Å². The van der Waals surface area contributed by atoms with Gasteiger partial charge in [0.05, 0.1) is 27.3 Å². The summed E-state index contributed by atoms with van der Waals surface area (Å²) in [5.74, 6) is -0.148. The fourth-order valence-electron chi connectivity index (χ4n) is 4.40. The monoisotopic (exact) mass is 536 g/mol. The van der Waals surface area contributed by atoms with Crippen LogP contribution in [0.1, 0.15) is 34.3 Å². The van der Waals surface area contributed by atoms with Gasteiger partial charge in [0.2, 0.25) is 10.0 Å². The molecule has 0 unspecified atom stereocenters. The summed E-state index contributed by atoms with van der Waals surface area (Å²) in [6.07, 6.45) is 0.0624. The van der Waals surface area contributed by atoms with Gasteiger partial charge >= 0.3 is 0 Å². The second-order valence-corrected chi connectivity index (χ2v) is 11.9. The molecule has 1 saturated heterocycles. The molecule has 2 aromatic carbocycles. The Bertz CT molecular complexity index is 1460. The van der Waals surface area contributed by atoms with Crippen LogP contribution in [-0.2, 0) is 10.0 Å². The number of hydrogen-bond donors (Lipinski definition) is 0. The molecule has 0 saturated carbocycles. The third-order valence-corrected chi connectivity index (χ3v) is 9.51. The van der Waals surface area contributed by atoms with E-state index in [0.717, 1.165) is 15.0 Å². The number of fused-ring (bicyclic) bond motifs is 1. The summed E-state index contributed by atoms with van der Waals surface area (Å²) >= 11 is 1.68. The van der Waals surface area contributed by atoms with Gasteiger partial charge in [-0.1, -0.05) is 17.4 Å². The molecular formula is C26H28N6O3S2. The van der Waals surface area contributed by atoms with Gasteiger partial charge in [-0.05, 0) is 55.3 Å². The zero-order valence-electron chi connectivity index (χ0n) is 20.8. The maximum Gasteiger partial charge on any atom is 0.253 e. The zero-order valence-corrected chi connectivity index (χ0v) is 22.5. The van der Waals surface area contributed by atoms with E-state index in [1.165, 1.54) is 40.1 Å². The highest BCUT2D eigenvalue weighted by molar-refractivity contribution is 7.89. The van der Waals surface area contributed by atoms with E-state index in [1.54, 1.807) is 16.2 Å². The molecule has 0 atom stereocenters. The topological polar surface area (TPSA) is 121 Å². The third kappa shape index (κ3) is 5.75. The van der Waals surface area contributed by atoms with Crippen molar-refractivity contribution in [3.05, 3.63) is 53.1 Å². The summed E-state index contributed by atoms with van der Waals surface area (Å²) in [5.41, 5.74) is 3.83. The Labute approximate surface area is 221 Å². The van der Waals surface area contributed by atoms with Crippen molar-refractivity contribution in [1.82, 2.24) is 14.2 Å². The van der Waals surface area contributed by atoms with Crippen LogP contribution in [0.2, 0.25) is 0 Å². The van der Waals surface area contributed by atoms with Gasteiger partial charge in [-0.15, -0.1) is 0 Å². The molecule has 11 heteroatoms. The lowest BCUT2D eigenvalue weighted by Crippen LogP contribution is -2.48. The number of aromatic nitrogens is 1. The smallest absolute Gasteiger partial charge is 0.253 e. The summed E-state index contributed by atoms with van der Waals surface area (Å²) in [6, 6.07) is 14.0. The number of anilines is 1. The van der Waals surface area contributed by atoms with Crippen LogP contribution in [0.25, 0.3) is 10.2 Å². The minimum Gasteiger partial charge on any atom is -0.345 e. The average Bonchev–Trinajstić information content (AvgIpc) is 3.33. The number of hydrogen-bond acceptors (Lipinski definition) is 8. The number of thiazole rings is 1. The molecule has 1 amide bonds. The summed E-state index contributed by atoms with van der Waals surface area (Å²) < 4.78 is 28.3. The molecule has 1 aliphatic rings. The lowest BCUT2D eigenvalue weighted by Gasteiger charge is -2.34. The quantitative estimate of drug-likeness (QED) is 0.430. The number of benzene rings is 2. The molecule has 0 radical (unpaired) electrons. The zero-order chi connectivity index (χ0) is 26.6. The predicted molar refractivity (Wildman–Crippen MR) is 143 cm³/mol. The lowest BCUT2D eigenvalue weighted by molar-refractivity contribution is 0.0746. The minimum absolute atomic E-state index is 0.0132. The molecule has 37 heavy (non-hydrogen) atoms. The summed E-state index contributed by atoms with van der Waals surface area (Å²) in [5, 5.41) is 18.7. The third-order valence-electron chi connectivity index (χ3n) is 6.33. The van der Waals surface area contributed by atoms with E-state index < -0.39 is 10.0 Å². The Hall–Kier alpha value is -3.51. The van der Waals surface area contributed by atoms with Gasteiger partial charge in [-0.3, -0.25) is 4.79 Å². The number of sulfonamides is 1. The molecule has 0 aliphatic carbocycles. The molecule has 1 aromatic heterocycles. The number of nitriles is 2. The second-order valence-electron chi connectivity index (χ2n) is 8.95. The molecule has 0 spiro atoms. The molecular weight excluding hydrogens is 508 g/mol. The molecule has 192 valence electrons. The first-order chi connectivity index (χ1) is 17.7. The van der Waals surface area contributed by atoms with E-state index in [-0.39, 0.29) is 36.7 Å². The van der Waals surface area contributed by atoms with E-state index in [1.807, 2.05) is 12.1 Å². The first-order valence-electron chi connectivity index (χ1n) is 12.0. The van der Waals surface area contributed by atoms with Crippen molar-refractivity contribution in [3.8, 4) is 12.1 Å². The average molecular weight is 537 g/mol. The van der Waals surface area contributed by atoms with Gasteiger partial charge in [0, 0.05) is 57.7 Å². The molecule has 0 bridgehead atoms. The normalized spacial score (nSPS) is 14.1. The Kier molecular flexibility index (Phi) is 8.08. The SMILES string of the molecule is Cc1cc(C)c2sc(N3CCN(C(=O)c4ccc(S(=O)(=O)N(CCC#N)CCC#N)cc4)CC3)nc2c1. The summed E-state index contributed by atoms with van der Waals surface area (Å²) in [7, 11) is -3.87. The summed E-state index contributed by atoms with van der Waals surface area (Å²) in [6.45, 7) is 6.62. The van der Waals surface area contributed by atoms with Crippen molar-refractivity contribution in [3.63, 3.8) is 0 Å². The highest BCUT2D eigenvalue weighted by atomic mass is 32.2. The minimum atomic E-state index is -3.87. The molecule has 3 aromatic rings. The van der Waals surface area contributed by atoms with Crippen molar-refractivity contribution < 1.29 is 13.2 Å². The van der Waals surface area contributed by atoms with Crippen LogP contribution in [-0.4, -0.2) is 67.8 Å². The highest BCUT2D eigenvalue weighted by Gasteiger charge is 2.27. The van der Waals surface area contributed by atoms with E-state index in [9.17, 15) is 13.2 Å². The molecule has 9 nitrogen and oxygen atoms in total. The van der Waals surface area contributed by atoms with Crippen molar-refractivity contribution in [2.24, 2.45) is 0 Å². The van der Waals surface area contributed by atoms with Crippen LogP contribution in [0.3, 0.4) is 0 Å². The van der Waals surface area contributed by atoms with Crippen LogP contribution >= 0.6 is 11.3 Å². The van der Waals surface area contributed by atoms with Gasteiger partial charge in [0.25, 0.3) is 5.91 Å². The number of nitrogens with zero attached hydrogens (tertiary/aromatic N) is 6.